The Labute approximate surface area is 103 Å². The van der Waals surface area contributed by atoms with E-state index < -0.39 is 11.7 Å². The second kappa shape index (κ2) is 4.78. The number of rotatable bonds is 4. The van der Waals surface area contributed by atoms with Gasteiger partial charge in [0.05, 0.1) is 12.1 Å². The van der Waals surface area contributed by atoms with Crippen LogP contribution < -0.4 is 5.76 Å². The summed E-state index contributed by atoms with van der Waals surface area (Å²) in [4.78, 5) is 25.7. The van der Waals surface area contributed by atoms with E-state index in [2.05, 4.69) is 4.98 Å². The van der Waals surface area contributed by atoms with Crippen molar-refractivity contribution in [2.45, 2.75) is 13.8 Å². The first-order chi connectivity index (χ1) is 8.52. The zero-order valence-corrected chi connectivity index (χ0v) is 10.3. The highest BCUT2D eigenvalue weighted by atomic mass is 16.4. The molecule has 1 unspecified atom stereocenters. The van der Waals surface area contributed by atoms with Crippen molar-refractivity contribution in [2.75, 3.05) is 6.61 Å². The van der Waals surface area contributed by atoms with Crippen LogP contribution in [0.5, 0.6) is 0 Å². The van der Waals surface area contributed by atoms with Crippen LogP contribution in [0, 0.1) is 11.8 Å². The topological polar surface area (TPSA) is 83.3 Å². The molecule has 1 aromatic carbocycles. The monoisotopic (exact) mass is 249 g/mol. The highest BCUT2D eigenvalue weighted by Crippen LogP contribution is 2.19. The first-order valence-corrected chi connectivity index (χ1v) is 5.81. The minimum Gasteiger partial charge on any atom is -0.408 e. The smallest absolute Gasteiger partial charge is 0.408 e. The van der Waals surface area contributed by atoms with Crippen LogP contribution in [0.2, 0.25) is 0 Å². The molecule has 0 aliphatic heterocycles. The summed E-state index contributed by atoms with van der Waals surface area (Å²) in [7, 11) is 0. The summed E-state index contributed by atoms with van der Waals surface area (Å²) in [5.41, 5.74) is 1.38. The van der Waals surface area contributed by atoms with Gasteiger partial charge in [0.15, 0.2) is 11.4 Å². The summed E-state index contributed by atoms with van der Waals surface area (Å²) in [6.07, 6.45) is 0. The van der Waals surface area contributed by atoms with Crippen molar-refractivity contribution in [1.29, 1.82) is 0 Å². The molecule has 1 aromatic heterocycles. The molecule has 1 heterocycles. The van der Waals surface area contributed by atoms with Gasteiger partial charge in [-0.25, -0.2) is 4.79 Å². The molecule has 5 heteroatoms. The third-order valence-electron chi connectivity index (χ3n) is 3.04. The molecule has 0 spiro atoms. The fraction of sp³-hybridized carbons (Fsp3) is 0.385. The summed E-state index contributed by atoms with van der Waals surface area (Å²) in [6.45, 7) is 3.59. The summed E-state index contributed by atoms with van der Waals surface area (Å²) in [5.74, 6) is -1.05. The number of aromatic nitrogens is 1. The number of carbonyl (C=O) groups excluding carboxylic acids is 1. The number of nitrogens with one attached hydrogen (secondary N) is 1. The third kappa shape index (κ3) is 2.22. The number of benzene rings is 1. The average molecular weight is 249 g/mol. The number of hydrogen-bond donors (Lipinski definition) is 2. The van der Waals surface area contributed by atoms with Crippen molar-refractivity contribution >= 4 is 16.9 Å². The van der Waals surface area contributed by atoms with E-state index in [1.165, 1.54) is 0 Å². The quantitative estimate of drug-likeness (QED) is 0.805. The predicted octanol–water partition coefficient (Wildman–Crippen LogP) is 1.57. The predicted molar refractivity (Wildman–Crippen MR) is 66.6 cm³/mol. The summed E-state index contributed by atoms with van der Waals surface area (Å²) < 4.78 is 4.87. The molecule has 0 saturated carbocycles. The maximum atomic E-state index is 12.2. The number of oxazole rings is 1. The summed E-state index contributed by atoms with van der Waals surface area (Å²) in [5, 5.41) is 9.25. The average Bonchev–Trinajstić information content (AvgIpc) is 2.68. The number of hydrogen-bond acceptors (Lipinski definition) is 4. The van der Waals surface area contributed by atoms with Crippen molar-refractivity contribution in [1.82, 2.24) is 4.98 Å². The lowest BCUT2D eigenvalue weighted by atomic mass is 9.88. The van der Waals surface area contributed by atoms with E-state index in [-0.39, 0.29) is 18.3 Å². The summed E-state index contributed by atoms with van der Waals surface area (Å²) in [6, 6.07) is 4.76. The largest absolute Gasteiger partial charge is 0.417 e. The number of Topliss-reactive ketones (excluding diaryl/α,β-unsaturated/α-hetero) is 1. The molecule has 0 aliphatic carbocycles. The number of fused-ring (bicyclic) bond motifs is 1. The number of carbonyl (C=O) groups is 1. The van der Waals surface area contributed by atoms with Gasteiger partial charge in [0, 0.05) is 11.5 Å². The van der Waals surface area contributed by atoms with Crippen LogP contribution in [0.1, 0.15) is 24.2 Å². The van der Waals surface area contributed by atoms with Crippen LogP contribution in [0.15, 0.2) is 27.4 Å². The Bertz CT molecular complexity index is 623. The Morgan fingerprint density at radius 3 is 2.78 bits per heavy atom. The highest BCUT2D eigenvalue weighted by Gasteiger charge is 2.23. The first kappa shape index (κ1) is 12.6. The molecule has 96 valence electrons. The van der Waals surface area contributed by atoms with E-state index in [4.69, 9.17) is 4.42 Å². The number of ketones is 1. The second-order valence-corrected chi connectivity index (χ2v) is 4.62. The van der Waals surface area contributed by atoms with Crippen molar-refractivity contribution in [3.8, 4) is 0 Å². The molecule has 0 aliphatic rings. The Morgan fingerprint density at radius 2 is 2.17 bits per heavy atom. The van der Waals surface area contributed by atoms with E-state index in [1.807, 2.05) is 13.8 Å². The van der Waals surface area contributed by atoms with Crippen LogP contribution in [-0.2, 0) is 0 Å². The van der Waals surface area contributed by atoms with Crippen LogP contribution >= 0.6 is 0 Å². The van der Waals surface area contributed by atoms with E-state index >= 15 is 0 Å². The Kier molecular flexibility index (Phi) is 3.34. The zero-order chi connectivity index (χ0) is 13.3. The van der Waals surface area contributed by atoms with Gasteiger partial charge >= 0.3 is 5.76 Å². The number of aliphatic hydroxyl groups excluding tert-OH is 1. The Balaban J connectivity index is 2.41. The Morgan fingerprint density at radius 1 is 1.44 bits per heavy atom. The SMILES string of the molecule is CC(C)C(CO)C(=O)c1ccc2oc(=O)[nH]c2c1. The lowest BCUT2D eigenvalue weighted by Gasteiger charge is -2.16. The van der Waals surface area contributed by atoms with E-state index in [1.54, 1.807) is 18.2 Å². The maximum absolute atomic E-state index is 12.2. The van der Waals surface area contributed by atoms with Gasteiger partial charge in [-0.2, -0.15) is 0 Å². The normalized spacial score (nSPS) is 13.1. The second-order valence-electron chi connectivity index (χ2n) is 4.62. The van der Waals surface area contributed by atoms with Crippen LogP contribution in [-0.4, -0.2) is 22.5 Å². The van der Waals surface area contributed by atoms with Gasteiger partial charge in [0.2, 0.25) is 0 Å². The molecule has 2 rings (SSSR count). The van der Waals surface area contributed by atoms with Gasteiger partial charge in [0.1, 0.15) is 0 Å². The lowest BCUT2D eigenvalue weighted by Crippen LogP contribution is -2.24. The van der Waals surface area contributed by atoms with E-state index in [0.29, 0.717) is 16.7 Å². The van der Waals surface area contributed by atoms with Gasteiger partial charge in [-0.05, 0) is 24.1 Å². The van der Waals surface area contributed by atoms with Crippen molar-refractivity contribution < 1.29 is 14.3 Å². The van der Waals surface area contributed by atoms with E-state index in [9.17, 15) is 14.7 Å². The maximum Gasteiger partial charge on any atom is 0.417 e. The van der Waals surface area contributed by atoms with Gasteiger partial charge in [-0.15, -0.1) is 0 Å². The molecule has 0 saturated heterocycles. The molecule has 5 nitrogen and oxygen atoms in total. The molecule has 2 aromatic rings. The molecule has 18 heavy (non-hydrogen) atoms. The van der Waals surface area contributed by atoms with Gasteiger partial charge in [-0.1, -0.05) is 13.8 Å². The van der Waals surface area contributed by atoms with Crippen LogP contribution in [0.3, 0.4) is 0 Å². The fourth-order valence-corrected chi connectivity index (χ4v) is 1.92. The number of H-pyrrole nitrogens is 1. The molecule has 0 fully saturated rings. The van der Waals surface area contributed by atoms with Crippen molar-refractivity contribution in [2.24, 2.45) is 11.8 Å². The van der Waals surface area contributed by atoms with Gasteiger partial charge in [-0.3, -0.25) is 9.78 Å². The third-order valence-corrected chi connectivity index (χ3v) is 3.04. The summed E-state index contributed by atoms with van der Waals surface area (Å²) >= 11 is 0. The van der Waals surface area contributed by atoms with E-state index in [0.717, 1.165) is 0 Å². The first-order valence-electron chi connectivity index (χ1n) is 5.81. The number of aliphatic hydroxyl groups is 1. The Hall–Kier alpha value is -1.88. The molecule has 0 amide bonds. The number of aromatic amines is 1. The van der Waals surface area contributed by atoms with Gasteiger partial charge < -0.3 is 9.52 Å². The van der Waals surface area contributed by atoms with Gasteiger partial charge in [0.25, 0.3) is 0 Å². The molecule has 1 atom stereocenters. The van der Waals surface area contributed by atoms with Crippen LogP contribution in [0.4, 0.5) is 0 Å². The standard InChI is InChI=1S/C13H15NO4/c1-7(2)9(6-15)12(16)8-3-4-11-10(5-8)14-13(17)18-11/h3-5,7,9,15H,6H2,1-2H3,(H,14,17). The highest BCUT2D eigenvalue weighted by molar-refractivity contribution is 6.00. The lowest BCUT2D eigenvalue weighted by molar-refractivity contribution is 0.0807. The minimum absolute atomic E-state index is 0.0570. The molecule has 2 N–H and O–H groups in total. The fourth-order valence-electron chi connectivity index (χ4n) is 1.92. The minimum atomic E-state index is -0.544. The zero-order valence-electron chi connectivity index (χ0n) is 10.3. The van der Waals surface area contributed by atoms with Crippen molar-refractivity contribution in [3.05, 3.63) is 34.3 Å². The molecule has 0 radical (unpaired) electrons. The molecule has 0 bridgehead atoms. The molecular weight excluding hydrogens is 234 g/mol. The molecular formula is C13H15NO4. The van der Waals surface area contributed by atoms with Crippen molar-refractivity contribution in [3.63, 3.8) is 0 Å². The van der Waals surface area contributed by atoms with Crippen LogP contribution in [0.25, 0.3) is 11.1 Å².